The summed E-state index contributed by atoms with van der Waals surface area (Å²) in [5.74, 6) is -0.622. The average Bonchev–Trinajstić information content (AvgIpc) is 3.20. The third-order valence-electron chi connectivity index (χ3n) is 8.58. The first-order chi connectivity index (χ1) is 23.2. The van der Waals surface area contributed by atoms with Gasteiger partial charge in [-0.25, -0.2) is 0 Å². The molecule has 6 atom stereocenters. The number of alkyl halides is 4. The van der Waals surface area contributed by atoms with E-state index in [1.54, 1.807) is 36.4 Å². The van der Waals surface area contributed by atoms with Crippen LogP contribution in [0.3, 0.4) is 0 Å². The second-order valence-electron chi connectivity index (χ2n) is 11.8. The van der Waals surface area contributed by atoms with Crippen LogP contribution in [-0.2, 0) is 29.3 Å². The number of benzene rings is 3. The highest BCUT2D eigenvalue weighted by Gasteiger charge is 2.82. The van der Waals surface area contributed by atoms with E-state index in [-0.39, 0.29) is 29.2 Å². The number of esters is 1. The van der Waals surface area contributed by atoms with Gasteiger partial charge in [-0.1, -0.05) is 114 Å². The summed E-state index contributed by atoms with van der Waals surface area (Å²) in [6.07, 6.45) is -1.04. The van der Waals surface area contributed by atoms with E-state index in [0.29, 0.717) is 22.1 Å². The molecule has 3 aliphatic rings. The van der Waals surface area contributed by atoms with Crippen LogP contribution < -0.4 is 4.74 Å². The summed E-state index contributed by atoms with van der Waals surface area (Å²) < 4.78 is 31.2. The van der Waals surface area contributed by atoms with Gasteiger partial charge in [-0.3, -0.25) is 13.2 Å². The van der Waals surface area contributed by atoms with E-state index in [2.05, 4.69) is 6.07 Å². The summed E-state index contributed by atoms with van der Waals surface area (Å²) in [4.78, 5) is 10.2. The lowest BCUT2D eigenvalue weighted by molar-refractivity contribution is -0.150. The Balaban J connectivity index is 0.000000211. The fourth-order valence-corrected chi connectivity index (χ4v) is 9.91. The van der Waals surface area contributed by atoms with Gasteiger partial charge in [0.1, 0.15) is 27.3 Å². The van der Waals surface area contributed by atoms with Gasteiger partial charge in [0, 0.05) is 22.4 Å². The third-order valence-corrected chi connectivity index (χ3v) is 13.8. The van der Waals surface area contributed by atoms with Crippen molar-refractivity contribution < 1.29 is 26.8 Å². The topological polar surface area (TPSA) is 94.9 Å². The Morgan fingerprint density at radius 1 is 0.837 bits per heavy atom. The third kappa shape index (κ3) is 7.19. The monoisotopic (exact) mass is 823 g/mol. The Bertz CT molecular complexity index is 1750. The standard InChI is InChI=1S/C25H22ClNO3.C9H6Cl6O3S/c1-17(2)24(18-11-13-20(26)14-12-18)25(28)30-23(16-27)19-7-6-10-22(15-19)29-21-8-4-3-5-9-21;10-5-6(11)8(13)4-2-18-19(16)17-1-3(4)7(5,12)9(8,14)15/h3-15,17,23-24H,1-2H3;3-4H,1-2H2. The predicted molar refractivity (Wildman–Crippen MR) is 194 cm³/mol. The lowest BCUT2D eigenvalue weighted by Crippen LogP contribution is -2.45. The van der Waals surface area contributed by atoms with Crippen molar-refractivity contribution in [1.29, 1.82) is 5.26 Å². The molecule has 49 heavy (non-hydrogen) atoms. The Kier molecular flexibility index (Phi) is 12.2. The average molecular weight is 827 g/mol. The Morgan fingerprint density at radius 3 is 1.92 bits per heavy atom. The maximum absolute atomic E-state index is 13.0. The molecule has 6 unspecified atom stereocenters. The highest BCUT2D eigenvalue weighted by Crippen LogP contribution is 2.76. The molecular formula is C34H28Cl7NO6S. The zero-order valence-electron chi connectivity index (χ0n) is 25.8. The van der Waals surface area contributed by atoms with Gasteiger partial charge in [0.2, 0.25) is 6.10 Å². The fourth-order valence-electron chi connectivity index (χ4n) is 6.15. The van der Waals surface area contributed by atoms with Crippen LogP contribution in [0.15, 0.2) is 88.9 Å². The Morgan fingerprint density at radius 2 is 1.39 bits per heavy atom. The molecule has 0 radical (unpaired) electrons. The van der Waals surface area contributed by atoms with Crippen molar-refractivity contribution in [2.24, 2.45) is 17.8 Å². The quantitative estimate of drug-likeness (QED) is 0.173. The molecule has 7 nitrogen and oxygen atoms in total. The van der Waals surface area contributed by atoms with Crippen molar-refractivity contribution in [3.8, 4) is 17.6 Å². The highest BCUT2D eigenvalue weighted by atomic mass is 35.5. The number of nitrogens with zero attached hydrogens (tertiary/aromatic N) is 1. The molecule has 3 aromatic rings. The summed E-state index contributed by atoms with van der Waals surface area (Å²) >= 11 is 42.3. The molecule has 1 aliphatic heterocycles. The summed E-state index contributed by atoms with van der Waals surface area (Å²) in [5, 5.41) is 10.5. The number of carbonyl (C=O) groups is 1. The molecule has 1 saturated heterocycles. The second-order valence-corrected chi connectivity index (χ2v) is 16.4. The number of halogens is 7. The van der Waals surface area contributed by atoms with Crippen LogP contribution >= 0.6 is 81.2 Å². The first-order valence-electron chi connectivity index (χ1n) is 14.8. The molecule has 2 fully saturated rings. The van der Waals surface area contributed by atoms with Crippen LogP contribution in [0.25, 0.3) is 0 Å². The molecular weight excluding hydrogens is 799 g/mol. The van der Waals surface area contributed by atoms with E-state index < -0.39 is 55.3 Å². The second kappa shape index (κ2) is 15.5. The molecule has 6 rings (SSSR count). The van der Waals surface area contributed by atoms with Gasteiger partial charge < -0.3 is 9.47 Å². The highest BCUT2D eigenvalue weighted by molar-refractivity contribution is 7.75. The summed E-state index contributed by atoms with van der Waals surface area (Å²) in [5.41, 5.74) is 1.36. The number of carbonyl (C=O) groups excluding carboxylic acids is 1. The molecule has 0 amide bonds. The van der Waals surface area contributed by atoms with Gasteiger partial charge in [0.05, 0.1) is 29.2 Å². The van der Waals surface area contributed by atoms with E-state index >= 15 is 0 Å². The molecule has 1 heterocycles. The van der Waals surface area contributed by atoms with E-state index in [1.165, 1.54) is 0 Å². The normalized spacial score (nSPS) is 28.0. The number of hydrogen-bond acceptors (Lipinski definition) is 7. The molecule has 3 aromatic carbocycles. The molecule has 1 saturated carbocycles. The zero-order valence-corrected chi connectivity index (χ0v) is 31.9. The smallest absolute Gasteiger partial charge is 0.315 e. The van der Waals surface area contributed by atoms with E-state index in [4.69, 9.17) is 99.0 Å². The van der Waals surface area contributed by atoms with E-state index in [1.807, 2.05) is 56.3 Å². The number of rotatable bonds is 7. The van der Waals surface area contributed by atoms with Crippen molar-refractivity contribution in [2.75, 3.05) is 13.2 Å². The van der Waals surface area contributed by atoms with Crippen LogP contribution in [-0.4, -0.2) is 37.5 Å². The summed E-state index contributed by atoms with van der Waals surface area (Å²) in [7, 11) is 0. The van der Waals surface area contributed by atoms with Gasteiger partial charge in [-0.15, -0.1) is 23.2 Å². The van der Waals surface area contributed by atoms with Crippen LogP contribution in [0.5, 0.6) is 11.5 Å². The van der Waals surface area contributed by atoms with Crippen molar-refractivity contribution in [1.82, 2.24) is 0 Å². The largest absolute Gasteiger partial charge is 0.457 e. The lowest BCUT2D eigenvalue weighted by Gasteiger charge is -2.33. The number of hydrogen-bond donors (Lipinski definition) is 0. The summed E-state index contributed by atoms with van der Waals surface area (Å²) in [6.45, 7) is 3.90. The zero-order chi connectivity index (χ0) is 35.7. The van der Waals surface area contributed by atoms with Gasteiger partial charge in [-0.2, -0.15) is 9.47 Å². The lowest BCUT2D eigenvalue weighted by atomic mass is 9.83. The van der Waals surface area contributed by atoms with Crippen molar-refractivity contribution in [3.63, 3.8) is 0 Å². The Hall–Kier alpha value is -1.74. The summed E-state index contributed by atoms with van der Waals surface area (Å²) in [6, 6.07) is 25.5. The minimum Gasteiger partial charge on any atom is -0.457 e. The number of allylic oxidation sites excluding steroid dienone is 2. The molecule has 15 heteroatoms. The maximum atomic E-state index is 13.0. The number of ether oxygens (including phenoxy) is 2. The molecule has 0 spiro atoms. The molecule has 2 aliphatic carbocycles. The van der Waals surface area contributed by atoms with Gasteiger partial charge in [0.25, 0.3) is 0 Å². The number of nitriles is 1. The molecule has 2 bridgehead atoms. The predicted octanol–water partition coefficient (Wildman–Crippen LogP) is 10.4. The van der Waals surface area contributed by atoms with Crippen molar-refractivity contribution >= 4 is 98.5 Å². The minimum absolute atomic E-state index is 0.00855. The SMILES string of the molecule is CC(C)C(C(=O)OC(C#N)c1cccc(Oc2ccccc2)c1)c1ccc(Cl)cc1.O=S1OCC2C(CO1)C1(Cl)C(Cl)=C(Cl)C2(Cl)C1(Cl)Cl. The van der Waals surface area contributed by atoms with Crippen molar-refractivity contribution in [3.05, 3.63) is 105 Å². The first-order valence-corrected chi connectivity index (χ1v) is 18.5. The molecule has 260 valence electrons. The molecule has 0 N–H and O–H groups in total. The van der Waals surface area contributed by atoms with Crippen LogP contribution in [0, 0.1) is 29.1 Å². The number of para-hydroxylation sites is 1. The fraction of sp³-hybridized carbons (Fsp3) is 0.353. The van der Waals surface area contributed by atoms with Gasteiger partial charge in [0.15, 0.2) is 4.33 Å². The molecule has 0 aromatic heterocycles. The number of fused-ring (bicyclic) bond motifs is 5. The van der Waals surface area contributed by atoms with Crippen molar-refractivity contribution in [2.45, 2.75) is 40.0 Å². The maximum Gasteiger partial charge on any atom is 0.315 e. The van der Waals surface area contributed by atoms with Crippen LogP contribution in [0.1, 0.15) is 37.0 Å². The van der Waals surface area contributed by atoms with E-state index in [9.17, 15) is 14.3 Å². The Labute approximate surface area is 322 Å². The van der Waals surface area contributed by atoms with Gasteiger partial charge in [-0.05, 0) is 47.9 Å². The first kappa shape index (κ1) is 38.5. The van der Waals surface area contributed by atoms with Gasteiger partial charge >= 0.3 is 17.3 Å². The van der Waals surface area contributed by atoms with Crippen LogP contribution in [0.2, 0.25) is 5.02 Å². The van der Waals surface area contributed by atoms with Crippen LogP contribution in [0.4, 0.5) is 0 Å². The minimum atomic E-state index is -1.86. The van der Waals surface area contributed by atoms with E-state index in [0.717, 1.165) is 5.56 Å².